The van der Waals surface area contributed by atoms with Crippen LogP contribution in [0.1, 0.15) is 5.56 Å². The lowest BCUT2D eigenvalue weighted by Crippen LogP contribution is -2.07. The van der Waals surface area contributed by atoms with Gasteiger partial charge in [-0.05, 0) is 42.0 Å². The third kappa shape index (κ3) is 3.19. The molecule has 0 radical (unpaired) electrons. The molecule has 26 heavy (non-hydrogen) atoms. The van der Waals surface area contributed by atoms with Crippen molar-refractivity contribution in [2.45, 2.75) is 6.54 Å². The van der Waals surface area contributed by atoms with E-state index in [-0.39, 0.29) is 6.79 Å². The van der Waals surface area contributed by atoms with Crippen LogP contribution in [0, 0.1) is 0 Å². The molecule has 0 atom stereocenters. The van der Waals surface area contributed by atoms with Crippen molar-refractivity contribution in [2.75, 3.05) is 25.0 Å². The van der Waals surface area contributed by atoms with Gasteiger partial charge in [0, 0.05) is 12.1 Å². The van der Waals surface area contributed by atoms with Crippen LogP contribution in [-0.4, -0.2) is 23.9 Å². The van der Waals surface area contributed by atoms with Crippen molar-refractivity contribution in [3.8, 4) is 28.5 Å². The van der Waals surface area contributed by atoms with Gasteiger partial charge in [-0.1, -0.05) is 6.07 Å². The molecule has 132 valence electrons. The molecule has 0 aliphatic carbocycles. The summed E-state index contributed by atoms with van der Waals surface area (Å²) in [5.41, 5.74) is 8.67. The maximum Gasteiger partial charge on any atom is 0.231 e. The van der Waals surface area contributed by atoms with Crippen molar-refractivity contribution in [3.05, 3.63) is 54.2 Å². The molecule has 0 saturated heterocycles. The zero-order chi connectivity index (χ0) is 17.9. The third-order valence-corrected chi connectivity index (χ3v) is 4.08. The molecule has 1 aliphatic heterocycles. The van der Waals surface area contributed by atoms with E-state index in [1.54, 1.807) is 13.3 Å². The van der Waals surface area contributed by atoms with Gasteiger partial charge in [-0.25, -0.2) is 9.97 Å². The van der Waals surface area contributed by atoms with Crippen molar-refractivity contribution in [2.24, 2.45) is 0 Å². The molecule has 7 nitrogen and oxygen atoms in total. The summed E-state index contributed by atoms with van der Waals surface area (Å²) in [6.45, 7) is 0.802. The number of aromatic nitrogens is 2. The minimum absolute atomic E-state index is 0.258. The number of nitrogens with two attached hydrogens (primary N) is 1. The Kier molecular flexibility index (Phi) is 4.18. The first-order chi connectivity index (χ1) is 12.7. The molecule has 7 heteroatoms. The summed E-state index contributed by atoms with van der Waals surface area (Å²) in [4.78, 5) is 8.84. The second-order valence-corrected chi connectivity index (χ2v) is 5.76. The Morgan fingerprint density at radius 2 is 1.92 bits per heavy atom. The van der Waals surface area contributed by atoms with Crippen molar-refractivity contribution in [1.29, 1.82) is 0 Å². The highest BCUT2D eigenvalue weighted by Crippen LogP contribution is 2.32. The quantitative estimate of drug-likeness (QED) is 0.730. The first-order valence-corrected chi connectivity index (χ1v) is 8.12. The number of anilines is 2. The number of hydrogen-bond acceptors (Lipinski definition) is 7. The van der Waals surface area contributed by atoms with E-state index >= 15 is 0 Å². The fourth-order valence-corrected chi connectivity index (χ4v) is 2.67. The van der Waals surface area contributed by atoms with Gasteiger partial charge in [-0.15, -0.1) is 0 Å². The number of hydrogen-bond donors (Lipinski definition) is 2. The van der Waals surface area contributed by atoms with Gasteiger partial charge in [-0.3, -0.25) is 0 Å². The van der Waals surface area contributed by atoms with E-state index in [1.165, 1.54) is 0 Å². The maximum absolute atomic E-state index is 5.97. The van der Waals surface area contributed by atoms with Crippen LogP contribution in [0.15, 0.2) is 48.7 Å². The van der Waals surface area contributed by atoms with Gasteiger partial charge in [0.2, 0.25) is 6.79 Å². The minimum atomic E-state index is 0.258. The molecule has 3 N–H and O–H groups in total. The molecule has 0 bridgehead atoms. The van der Waals surface area contributed by atoms with Crippen LogP contribution in [0.5, 0.6) is 17.2 Å². The lowest BCUT2D eigenvalue weighted by molar-refractivity contribution is 0.174. The molecule has 1 aliphatic rings. The van der Waals surface area contributed by atoms with Crippen molar-refractivity contribution in [1.82, 2.24) is 9.97 Å². The van der Waals surface area contributed by atoms with Gasteiger partial charge in [0.05, 0.1) is 19.0 Å². The molecule has 3 aromatic rings. The van der Waals surface area contributed by atoms with Crippen LogP contribution in [0.4, 0.5) is 11.6 Å². The first-order valence-electron chi connectivity index (χ1n) is 8.12. The fraction of sp³-hybridized carbons (Fsp3) is 0.158. The summed E-state index contributed by atoms with van der Waals surface area (Å²) >= 11 is 0. The molecule has 4 rings (SSSR count). The monoisotopic (exact) mass is 350 g/mol. The summed E-state index contributed by atoms with van der Waals surface area (Å²) in [5, 5.41) is 3.23. The average Bonchev–Trinajstić information content (AvgIpc) is 3.15. The van der Waals surface area contributed by atoms with Crippen LogP contribution in [-0.2, 0) is 6.54 Å². The lowest BCUT2D eigenvalue weighted by atomic mass is 10.1. The third-order valence-electron chi connectivity index (χ3n) is 4.08. The highest BCUT2D eigenvalue weighted by Gasteiger charge is 2.13. The number of nitrogens with one attached hydrogen (secondary N) is 1. The van der Waals surface area contributed by atoms with Gasteiger partial charge < -0.3 is 25.3 Å². The predicted molar refractivity (Wildman–Crippen MR) is 98.3 cm³/mol. The van der Waals surface area contributed by atoms with E-state index in [1.807, 2.05) is 42.5 Å². The SMILES string of the molecule is COc1ccc(-c2cnc(N)c(NCc3ccc4c(c3)OCO4)n2)cc1. The smallest absolute Gasteiger partial charge is 0.231 e. The number of methoxy groups -OCH3 is 1. The largest absolute Gasteiger partial charge is 0.497 e. The molecule has 2 aromatic carbocycles. The second-order valence-electron chi connectivity index (χ2n) is 5.76. The predicted octanol–water partition coefficient (Wildman–Crippen LogP) is 3.08. The first kappa shape index (κ1) is 16.0. The summed E-state index contributed by atoms with van der Waals surface area (Å²) in [6.07, 6.45) is 1.66. The summed E-state index contributed by atoms with van der Waals surface area (Å²) in [7, 11) is 1.64. The van der Waals surface area contributed by atoms with Gasteiger partial charge >= 0.3 is 0 Å². The van der Waals surface area contributed by atoms with E-state index in [2.05, 4.69) is 15.3 Å². The molecule has 0 fully saturated rings. The summed E-state index contributed by atoms with van der Waals surface area (Å²) in [6, 6.07) is 13.4. The highest BCUT2D eigenvalue weighted by molar-refractivity contribution is 5.65. The average molecular weight is 350 g/mol. The molecule has 1 aromatic heterocycles. The van der Waals surface area contributed by atoms with Gasteiger partial charge in [0.15, 0.2) is 23.1 Å². The van der Waals surface area contributed by atoms with Crippen molar-refractivity contribution >= 4 is 11.6 Å². The Balaban J connectivity index is 1.52. The van der Waals surface area contributed by atoms with Gasteiger partial charge in [0.25, 0.3) is 0 Å². The fourth-order valence-electron chi connectivity index (χ4n) is 2.67. The molecule has 0 spiro atoms. The molecular weight excluding hydrogens is 332 g/mol. The highest BCUT2D eigenvalue weighted by atomic mass is 16.7. The molecular formula is C19H18N4O3. The Labute approximate surface area is 150 Å². The normalized spacial score (nSPS) is 12.0. The van der Waals surface area contributed by atoms with E-state index in [9.17, 15) is 0 Å². The Hall–Kier alpha value is -3.48. The van der Waals surface area contributed by atoms with E-state index in [4.69, 9.17) is 19.9 Å². The van der Waals surface area contributed by atoms with E-state index in [0.717, 1.165) is 34.1 Å². The zero-order valence-electron chi connectivity index (χ0n) is 14.2. The van der Waals surface area contributed by atoms with Crippen LogP contribution in [0.2, 0.25) is 0 Å². The minimum Gasteiger partial charge on any atom is -0.497 e. The Bertz CT molecular complexity index is 929. The number of nitrogen functional groups attached to an aromatic ring is 1. The number of rotatable bonds is 5. The Morgan fingerprint density at radius 1 is 1.12 bits per heavy atom. The van der Waals surface area contributed by atoms with Crippen molar-refractivity contribution in [3.63, 3.8) is 0 Å². The maximum atomic E-state index is 5.97. The number of nitrogens with zero attached hydrogens (tertiary/aromatic N) is 2. The van der Waals surface area contributed by atoms with Gasteiger partial charge in [-0.2, -0.15) is 0 Å². The van der Waals surface area contributed by atoms with Crippen LogP contribution in [0.25, 0.3) is 11.3 Å². The standard InChI is InChI=1S/C19H18N4O3/c1-24-14-5-3-13(4-6-14)15-10-21-18(20)19(23-15)22-9-12-2-7-16-17(8-12)26-11-25-16/h2-8,10H,9,11H2,1H3,(H2,20,21)(H,22,23). The summed E-state index contributed by atoms with van der Waals surface area (Å²) < 4.78 is 15.9. The second kappa shape index (κ2) is 6.79. The number of benzene rings is 2. The van der Waals surface area contributed by atoms with Gasteiger partial charge in [0.1, 0.15) is 5.75 Å². The number of ether oxygens (including phenoxy) is 3. The van der Waals surface area contributed by atoms with Crippen molar-refractivity contribution < 1.29 is 14.2 Å². The van der Waals surface area contributed by atoms with Crippen LogP contribution >= 0.6 is 0 Å². The summed E-state index contributed by atoms with van der Waals surface area (Å²) in [5.74, 6) is 3.18. The molecule has 0 saturated carbocycles. The molecule has 0 amide bonds. The van der Waals surface area contributed by atoms with E-state index in [0.29, 0.717) is 18.2 Å². The Morgan fingerprint density at radius 3 is 2.73 bits per heavy atom. The van der Waals surface area contributed by atoms with Crippen LogP contribution < -0.4 is 25.3 Å². The molecule has 0 unspecified atom stereocenters. The zero-order valence-corrected chi connectivity index (χ0v) is 14.2. The van der Waals surface area contributed by atoms with Crippen LogP contribution in [0.3, 0.4) is 0 Å². The molecule has 2 heterocycles. The van der Waals surface area contributed by atoms with E-state index < -0.39 is 0 Å². The number of fused-ring (bicyclic) bond motifs is 1. The topological polar surface area (TPSA) is 91.5 Å². The lowest BCUT2D eigenvalue weighted by Gasteiger charge is -2.10.